The SMILES string of the molecule is CC[C@@H](/C=C\COCc1ccc(OC)cc1)[C@@H]1COC(c2ccc(OC)cc2)O1. The molecule has 1 aliphatic rings. The molecule has 156 valence electrons. The molecular formula is C24H30O5. The Hall–Kier alpha value is -2.34. The van der Waals surface area contributed by atoms with Crippen LogP contribution in [0.15, 0.2) is 60.7 Å². The maximum atomic E-state index is 6.16. The van der Waals surface area contributed by atoms with Crippen molar-refractivity contribution in [1.82, 2.24) is 0 Å². The predicted molar refractivity (Wildman–Crippen MR) is 112 cm³/mol. The zero-order valence-electron chi connectivity index (χ0n) is 17.4. The number of ether oxygens (including phenoxy) is 5. The Morgan fingerprint density at radius 1 is 1.00 bits per heavy atom. The lowest BCUT2D eigenvalue weighted by Gasteiger charge is -2.18. The second kappa shape index (κ2) is 11.0. The normalized spacial score (nSPS) is 20.1. The molecule has 0 spiro atoms. The van der Waals surface area contributed by atoms with E-state index in [-0.39, 0.29) is 12.4 Å². The van der Waals surface area contributed by atoms with E-state index >= 15 is 0 Å². The zero-order chi connectivity index (χ0) is 20.5. The van der Waals surface area contributed by atoms with Crippen LogP contribution < -0.4 is 9.47 Å². The third kappa shape index (κ3) is 6.07. The van der Waals surface area contributed by atoms with Crippen molar-refractivity contribution in [1.29, 1.82) is 0 Å². The van der Waals surface area contributed by atoms with Crippen molar-refractivity contribution in [2.45, 2.75) is 32.3 Å². The van der Waals surface area contributed by atoms with Crippen LogP contribution in [0.25, 0.3) is 0 Å². The van der Waals surface area contributed by atoms with Crippen LogP contribution in [0.2, 0.25) is 0 Å². The Balaban J connectivity index is 1.44. The molecule has 1 heterocycles. The minimum Gasteiger partial charge on any atom is -0.497 e. The third-order valence-electron chi connectivity index (χ3n) is 5.07. The highest BCUT2D eigenvalue weighted by Gasteiger charge is 2.31. The molecule has 1 unspecified atom stereocenters. The number of rotatable bonds is 10. The Morgan fingerprint density at radius 3 is 2.28 bits per heavy atom. The van der Waals surface area contributed by atoms with Gasteiger partial charge in [0.05, 0.1) is 40.1 Å². The third-order valence-corrected chi connectivity index (χ3v) is 5.07. The second-order valence-electron chi connectivity index (χ2n) is 6.98. The van der Waals surface area contributed by atoms with Crippen LogP contribution in [0.4, 0.5) is 0 Å². The van der Waals surface area contributed by atoms with Gasteiger partial charge in [-0.05, 0) is 36.2 Å². The van der Waals surface area contributed by atoms with E-state index in [1.54, 1.807) is 14.2 Å². The fourth-order valence-corrected chi connectivity index (χ4v) is 3.30. The van der Waals surface area contributed by atoms with E-state index in [4.69, 9.17) is 23.7 Å². The average molecular weight is 398 g/mol. The molecule has 0 bridgehead atoms. The molecule has 0 aliphatic carbocycles. The van der Waals surface area contributed by atoms with Crippen molar-refractivity contribution < 1.29 is 23.7 Å². The monoisotopic (exact) mass is 398 g/mol. The molecule has 0 saturated carbocycles. The standard InChI is InChI=1S/C24H30O5/c1-4-19(6-5-15-27-16-18-7-11-21(25-2)12-8-18)23-17-28-24(29-23)20-9-13-22(26-3)14-10-20/h5-14,19,23-24H,4,15-17H2,1-3H3/b6-5-/t19-,23-,24?/m0/s1. The van der Waals surface area contributed by atoms with Gasteiger partial charge in [-0.2, -0.15) is 0 Å². The first kappa shape index (κ1) is 21.4. The highest BCUT2D eigenvalue weighted by molar-refractivity contribution is 5.28. The maximum absolute atomic E-state index is 6.16. The van der Waals surface area contributed by atoms with Gasteiger partial charge >= 0.3 is 0 Å². The van der Waals surface area contributed by atoms with E-state index in [2.05, 4.69) is 19.1 Å². The van der Waals surface area contributed by atoms with Gasteiger partial charge in [-0.1, -0.05) is 43.3 Å². The summed E-state index contributed by atoms with van der Waals surface area (Å²) in [5, 5.41) is 0. The lowest BCUT2D eigenvalue weighted by molar-refractivity contribution is -0.0665. The molecule has 0 radical (unpaired) electrons. The van der Waals surface area contributed by atoms with Gasteiger partial charge in [-0.3, -0.25) is 0 Å². The van der Waals surface area contributed by atoms with Crippen LogP contribution >= 0.6 is 0 Å². The molecule has 1 saturated heterocycles. The molecule has 0 N–H and O–H groups in total. The second-order valence-corrected chi connectivity index (χ2v) is 6.98. The van der Waals surface area contributed by atoms with Crippen LogP contribution in [0.1, 0.15) is 30.8 Å². The Labute approximate surface area is 173 Å². The van der Waals surface area contributed by atoms with Gasteiger partial charge in [0.15, 0.2) is 6.29 Å². The highest BCUT2D eigenvalue weighted by Crippen LogP contribution is 2.32. The summed E-state index contributed by atoms with van der Waals surface area (Å²) in [6.07, 6.45) is 4.96. The topological polar surface area (TPSA) is 46.2 Å². The van der Waals surface area contributed by atoms with Crippen molar-refractivity contribution in [3.63, 3.8) is 0 Å². The molecule has 0 aromatic heterocycles. The first-order chi connectivity index (χ1) is 14.2. The van der Waals surface area contributed by atoms with Crippen molar-refractivity contribution in [3.05, 3.63) is 71.8 Å². The summed E-state index contributed by atoms with van der Waals surface area (Å²) in [6, 6.07) is 15.7. The van der Waals surface area contributed by atoms with Crippen molar-refractivity contribution in [3.8, 4) is 11.5 Å². The van der Waals surface area contributed by atoms with Gasteiger partial charge in [0.25, 0.3) is 0 Å². The summed E-state index contributed by atoms with van der Waals surface area (Å²) in [7, 11) is 3.32. The number of hydrogen-bond donors (Lipinski definition) is 0. The molecule has 2 aromatic rings. The molecule has 2 aromatic carbocycles. The number of methoxy groups -OCH3 is 2. The van der Waals surface area contributed by atoms with Crippen molar-refractivity contribution >= 4 is 0 Å². The van der Waals surface area contributed by atoms with E-state index in [0.29, 0.717) is 25.7 Å². The van der Waals surface area contributed by atoms with E-state index in [9.17, 15) is 0 Å². The predicted octanol–water partition coefficient (Wildman–Crippen LogP) is 4.92. The van der Waals surface area contributed by atoms with E-state index in [1.807, 2.05) is 48.5 Å². The van der Waals surface area contributed by atoms with Gasteiger partial charge in [0, 0.05) is 11.5 Å². The maximum Gasteiger partial charge on any atom is 0.184 e. The van der Waals surface area contributed by atoms with Crippen molar-refractivity contribution in [2.24, 2.45) is 5.92 Å². The summed E-state index contributed by atoms with van der Waals surface area (Å²) in [6.45, 7) is 3.90. The summed E-state index contributed by atoms with van der Waals surface area (Å²) < 4.78 is 28.1. The first-order valence-corrected chi connectivity index (χ1v) is 10.0. The molecular weight excluding hydrogens is 368 g/mol. The summed E-state index contributed by atoms with van der Waals surface area (Å²) >= 11 is 0. The minimum absolute atomic E-state index is 0.0462. The van der Waals surface area contributed by atoms with Gasteiger partial charge in [0.1, 0.15) is 11.5 Å². The quantitative estimate of drug-likeness (QED) is 0.420. The molecule has 1 aliphatic heterocycles. The number of hydrogen-bond acceptors (Lipinski definition) is 5. The minimum atomic E-state index is -0.320. The smallest absolute Gasteiger partial charge is 0.184 e. The Kier molecular flexibility index (Phi) is 8.11. The molecule has 29 heavy (non-hydrogen) atoms. The Bertz CT molecular complexity index is 754. The molecule has 3 rings (SSSR count). The van der Waals surface area contributed by atoms with Crippen LogP contribution in [-0.4, -0.2) is 33.5 Å². The van der Waals surface area contributed by atoms with Crippen LogP contribution in [0.5, 0.6) is 11.5 Å². The average Bonchev–Trinajstić information content (AvgIpc) is 3.26. The van der Waals surface area contributed by atoms with Gasteiger partial charge < -0.3 is 23.7 Å². The van der Waals surface area contributed by atoms with Crippen molar-refractivity contribution in [2.75, 3.05) is 27.4 Å². The van der Waals surface area contributed by atoms with Gasteiger partial charge in [-0.15, -0.1) is 0 Å². The van der Waals surface area contributed by atoms with E-state index in [1.165, 1.54) is 0 Å². The van der Waals surface area contributed by atoms with Crippen LogP contribution in [0, 0.1) is 5.92 Å². The molecule has 3 atom stereocenters. The van der Waals surface area contributed by atoms with E-state index in [0.717, 1.165) is 29.0 Å². The first-order valence-electron chi connectivity index (χ1n) is 10.0. The van der Waals surface area contributed by atoms with Gasteiger partial charge in [0.2, 0.25) is 0 Å². The summed E-state index contributed by atoms with van der Waals surface area (Å²) in [5.74, 6) is 1.97. The largest absolute Gasteiger partial charge is 0.497 e. The van der Waals surface area contributed by atoms with Crippen LogP contribution in [-0.2, 0) is 20.8 Å². The summed E-state index contributed by atoms with van der Waals surface area (Å²) in [4.78, 5) is 0. The fraction of sp³-hybridized carbons (Fsp3) is 0.417. The lowest BCUT2D eigenvalue weighted by atomic mass is 9.99. The molecule has 0 amide bonds. The molecule has 5 nitrogen and oxygen atoms in total. The molecule has 5 heteroatoms. The van der Waals surface area contributed by atoms with Gasteiger partial charge in [-0.25, -0.2) is 0 Å². The van der Waals surface area contributed by atoms with Crippen LogP contribution in [0.3, 0.4) is 0 Å². The number of benzene rings is 2. The Morgan fingerprint density at radius 2 is 1.66 bits per heavy atom. The van der Waals surface area contributed by atoms with E-state index < -0.39 is 0 Å². The fourth-order valence-electron chi connectivity index (χ4n) is 3.30. The highest BCUT2D eigenvalue weighted by atomic mass is 16.7. The summed E-state index contributed by atoms with van der Waals surface area (Å²) in [5.41, 5.74) is 2.14. The lowest BCUT2D eigenvalue weighted by Crippen LogP contribution is -2.20. The molecule has 1 fully saturated rings. The zero-order valence-corrected chi connectivity index (χ0v) is 17.4.